The minimum Gasteiger partial charge on any atom is -0.347 e. The average molecular weight is 202 g/mol. The van der Waals surface area contributed by atoms with Crippen molar-refractivity contribution >= 4 is 10.9 Å². The van der Waals surface area contributed by atoms with Gasteiger partial charge in [-0.2, -0.15) is 0 Å². The van der Waals surface area contributed by atoms with E-state index in [2.05, 4.69) is 11.5 Å². The molecule has 0 aliphatic rings. The maximum absolute atomic E-state index is 11.9. The molecule has 0 bridgehead atoms. The summed E-state index contributed by atoms with van der Waals surface area (Å²) in [5.41, 5.74) is 7.26. The minimum atomic E-state index is 0.0535. The van der Waals surface area contributed by atoms with Gasteiger partial charge in [0.2, 0.25) is 0 Å². The summed E-state index contributed by atoms with van der Waals surface area (Å²) in [6, 6.07) is 7.63. The summed E-state index contributed by atoms with van der Waals surface area (Å²) in [5, 5.41) is 0.752. The van der Waals surface area contributed by atoms with Crippen molar-refractivity contribution in [3.8, 4) is 0 Å². The van der Waals surface area contributed by atoms with E-state index < -0.39 is 0 Å². The van der Waals surface area contributed by atoms with Crippen molar-refractivity contribution in [2.45, 2.75) is 20.0 Å². The average Bonchev–Trinajstić information content (AvgIpc) is 2.30. The lowest BCUT2D eigenvalue weighted by atomic mass is 10.1. The number of aryl methyl sites for hydroxylation is 1. The molecule has 2 rings (SSSR count). The van der Waals surface area contributed by atoms with Gasteiger partial charge < -0.3 is 10.3 Å². The molecule has 0 radical (unpaired) electrons. The number of para-hydroxylation sites is 1. The number of hydrogen-bond donors (Lipinski definition) is 1. The van der Waals surface area contributed by atoms with Gasteiger partial charge in [0.15, 0.2) is 5.43 Å². The van der Waals surface area contributed by atoms with E-state index >= 15 is 0 Å². The molecule has 0 spiro atoms. The summed E-state index contributed by atoms with van der Waals surface area (Å²) in [4.78, 5) is 11.9. The van der Waals surface area contributed by atoms with Crippen molar-refractivity contribution in [2.75, 3.05) is 0 Å². The number of benzene rings is 1. The Hall–Kier alpha value is -1.61. The summed E-state index contributed by atoms with van der Waals surface area (Å²) in [5.74, 6) is 0. The molecular weight excluding hydrogens is 188 g/mol. The Kier molecular flexibility index (Phi) is 2.56. The van der Waals surface area contributed by atoms with Gasteiger partial charge in [-0.05, 0) is 19.1 Å². The van der Waals surface area contributed by atoms with Gasteiger partial charge in [-0.1, -0.05) is 12.1 Å². The predicted octanol–water partition coefficient (Wildman–Crippen LogP) is 1.48. The molecule has 0 unspecified atom stereocenters. The molecule has 1 aromatic heterocycles. The predicted molar refractivity (Wildman–Crippen MR) is 61.8 cm³/mol. The Bertz CT molecular complexity index is 543. The van der Waals surface area contributed by atoms with Gasteiger partial charge in [-0.25, -0.2) is 0 Å². The summed E-state index contributed by atoms with van der Waals surface area (Å²) < 4.78 is 2.05. The van der Waals surface area contributed by atoms with Gasteiger partial charge in [-0.3, -0.25) is 4.79 Å². The van der Waals surface area contributed by atoms with Crippen LogP contribution < -0.4 is 11.2 Å². The van der Waals surface area contributed by atoms with Crippen molar-refractivity contribution in [3.63, 3.8) is 0 Å². The Morgan fingerprint density at radius 1 is 1.33 bits per heavy atom. The lowest BCUT2D eigenvalue weighted by molar-refractivity contribution is 0.776. The van der Waals surface area contributed by atoms with Crippen LogP contribution in [0, 0.1) is 0 Å². The number of fused-ring (bicyclic) bond motifs is 1. The van der Waals surface area contributed by atoms with Gasteiger partial charge in [0, 0.05) is 30.2 Å². The molecule has 0 atom stereocenters. The van der Waals surface area contributed by atoms with Crippen LogP contribution in [0.1, 0.15) is 12.5 Å². The van der Waals surface area contributed by atoms with E-state index in [-0.39, 0.29) is 5.43 Å². The third-order valence-corrected chi connectivity index (χ3v) is 2.62. The molecule has 1 heterocycles. The first-order valence-corrected chi connectivity index (χ1v) is 5.09. The van der Waals surface area contributed by atoms with Gasteiger partial charge in [-0.15, -0.1) is 0 Å². The highest BCUT2D eigenvalue weighted by Crippen LogP contribution is 2.11. The zero-order valence-electron chi connectivity index (χ0n) is 8.73. The first-order valence-electron chi connectivity index (χ1n) is 5.09. The number of hydrogen-bond acceptors (Lipinski definition) is 2. The van der Waals surface area contributed by atoms with E-state index in [9.17, 15) is 4.79 Å². The molecule has 0 aliphatic heterocycles. The second kappa shape index (κ2) is 3.87. The Balaban J connectivity index is 2.90. The Morgan fingerprint density at radius 2 is 2.07 bits per heavy atom. The topological polar surface area (TPSA) is 48.0 Å². The van der Waals surface area contributed by atoms with E-state index in [0.29, 0.717) is 12.1 Å². The van der Waals surface area contributed by atoms with Gasteiger partial charge in [0.25, 0.3) is 0 Å². The number of nitrogens with zero attached hydrogens (tertiary/aromatic N) is 1. The van der Waals surface area contributed by atoms with E-state index in [0.717, 1.165) is 17.4 Å². The molecule has 3 nitrogen and oxygen atoms in total. The monoisotopic (exact) mass is 202 g/mol. The van der Waals surface area contributed by atoms with Crippen molar-refractivity contribution in [2.24, 2.45) is 5.73 Å². The largest absolute Gasteiger partial charge is 0.347 e. The van der Waals surface area contributed by atoms with E-state index in [1.165, 1.54) is 0 Å². The van der Waals surface area contributed by atoms with Crippen LogP contribution in [0.25, 0.3) is 10.9 Å². The van der Waals surface area contributed by atoms with Crippen LogP contribution in [0.2, 0.25) is 0 Å². The fraction of sp³-hybridized carbons (Fsp3) is 0.250. The molecule has 0 saturated carbocycles. The Morgan fingerprint density at radius 3 is 2.73 bits per heavy atom. The normalized spacial score (nSPS) is 10.8. The highest BCUT2D eigenvalue weighted by atomic mass is 16.1. The van der Waals surface area contributed by atoms with Crippen molar-refractivity contribution in [3.05, 3.63) is 46.2 Å². The summed E-state index contributed by atoms with van der Waals surface area (Å²) in [6.45, 7) is 3.19. The Labute approximate surface area is 88.1 Å². The molecule has 2 N–H and O–H groups in total. The second-order valence-electron chi connectivity index (χ2n) is 3.49. The first kappa shape index (κ1) is 9.93. The number of pyridine rings is 1. The smallest absolute Gasteiger partial charge is 0.193 e. The van der Waals surface area contributed by atoms with E-state index in [4.69, 9.17) is 5.73 Å². The van der Waals surface area contributed by atoms with Crippen LogP contribution in [0.4, 0.5) is 0 Å². The molecule has 78 valence electrons. The lowest BCUT2D eigenvalue weighted by Crippen LogP contribution is -2.17. The van der Waals surface area contributed by atoms with Crippen molar-refractivity contribution in [1.82, 2.24) is 4.57 Å². The van der Waals surface area contributed by atoms with E-state index in [1.54, 1.807) is 0 Å². The fourth-order valence-electron chi connectivity index (χ4n) is 1.81. The summed E-state index contributed by atoms with van der Waals surface area (Å²) >= 11 is 0. The molecule has 2 aromatic rings. The molecule has 0 fully saturated rings. The maximum Gasteiger partial charge on any atom is 0.193 e. The van der Waals surface area contributed by atoms with E-state index in [1.807, 2.05) is 30.5 Å². The van der Waals surface area contributed by atoms with Crippen LogP contribution in [-0.4, -0.2) is 4.57 Å². The molecule has 0 aliphatic carbocycles. The second-order valence-corrected chi connectivity index (χ2v) is 3.49. The van der Waals surface area contributed by atoms with Gasteiger partial charge in [0.05, 0.1) is 5.52 Å². The van der Waals surface area contributed by atoms with Crippen molar-refractivity contribution in [1.29, 1.82) is 0 Å². The third kappa shape index (κ3) is 1.55. The number of rotatable bonds is 2. The first-order chi connectivity index (χ1) is 7.27. The molecule has 3 heteroatoms. The van der Waals surface area contributed by atoms with Gasteiger partial charge >= 0.3 is 0 Å². The zero-order chi connectivity index (χ0) is 10.8. The molecule has 1 aromatic carbocycles. The highest BCUT2D eigenvalue weighted by molar-refractivity contribution is 5.79. The molecule has 0 amide bonds. The maximum atomic E-state index is 11.9. The summed E-state index contributed by atoms with van der Waals surface area (Å²) in [7, 11) is 0. The lowest BCUT2D eigenvalue weighted by Gasteiger charge is -2.10. The standard InChI is InChI=1S/C12H14N2O/c1-2-14-8-9(7-13)12(15)10-5-3-4-6-11(10)14/h3-6,8H,2,7,13H2,1H3. The van der Waals surface area contributed by atoms with Gasteiger partial charge in [0.1, 0.15) is 0 Å². The van der Waals surface area contributed by atoms with Crippen LogP contribution >= 0.6 is 0 Å². The molecule has 15 heavy (non-hydrogen) atoms. The highest BCUT2D eigenvalue weighted by Gasteiger charge is 2.05. The summed E-state index contributed by atoms with van der Waals surface area (Å²) in [6.07, 6.45) is 1.85. The van der Waals surface area contributed by atoms with Crippen molar-refractivity contribution < 1.29 is 0 Å². The van der Waals surface area contributed by atoms with Crippen LogP contribution in [0.5, 0.6) is 0 Å². The van der Waals surface area contributed by atoms with Crippen LogP contribution in [0.3, 0.4) is 0 Å². The third-order valence-electron chi connectivity index (χ3n) is 2.62. The number of aromatic nitrogens is 1. The quantitative estimate of drug-likeness (QED) is 0.801. The molecular formula is C12H14N2O. The number of nitrogens with two attached hydrogens (primary N) is 1. The zero-order valence-corrected chi connectivity index (χ0v) is 8.73. The molecule has 0 saturated heterocycles. The fourth-order valence-corrected chi connectivity index (χ4v) is 1.81. The van der Waals surface area contributed by atoms with Crippen LogP contribution in [0.15, 0.2) is 35.3 Å². The minimum absolute atomic E-state index is 0.0535. The van der Waals surface area contributed by atoms with Crippen LogP contribution in [-0.2, 0) is 13.1 Å². The SMILES string of the molecule is CCn1cc(CN)c(=O)c2ccccc21.